The minimum atomic E-state index is -0.321. The molecule has 0 aliphatic heterocycles. The second-order valence-corrected chi connectivity index (χ2v) is 5.80. The molecule has 2 unspecified atom stereocenters. The maximum Gasteiger partial charge on any atom is 0.309 e. The third kappa shape index (κ3) is 1.94. The van der Waals surface area contributed by atoms with Crippen molar-refractivity contribution in [3.8, 4) is 0 Å². The summed E-state index contributed by atoms with van der Waals surface area (Å²) in [6.07, 6.45) is 4.84. The Morgan fingerprint density at radius 1 is 1.14 bits per heavy atom. The fourth-order valence-electron chi connectivity index (χ4n) is 2.66. The predicted octanol–water partition coefficient (Wildman–Crippen LogP) is 2.76. The van der Waals surface area contributed by atoms with Gasteiger partial charge in [0.2, 0.25) is 0 Å². The Balaban J connectivity index is 1.87. The van der Waals surface area contributed by atoms with E-state index in [1.807, 2.05) is 20.8 Å². The lowest BCUT2D eigenvalue weighted by Crippen LogP contribution is -2.27. The smallest absolute Gasteiger partial charge is 0.309 e. The molecule has 2 aliphatic carbocycles. The van der Waals surface area contributed by atoms with Crippen LogP contribution >= 0.6 is 0 Å². The molecule has 0 saturated heterocycles. The van der Waals surface area contributed by atoms with Crippen LogP contribution in [0.2, 0.25) is 0 Å². The quantitative estimate of drug-likeness (QED) is 0.603. The van der Waals surface area contributed by atoms with Gasteiger partial charge in [0.05, 0.1) is 5.92 Å². The SMILES string of the molecule is CC(C)(C)OC(=O)C1CC2CCC2C1. The molecule has 14 heavy (non-hydrogen) atoms. The number of rotatable bonds is 1. The van der Waals surface area contributed by atoms with Crippen molar-refractivity contribution < 1.29 is 9.53 Å². The first-order valence-electron chi connectivity index (χ1n) is 5.68. The molecule has 0 aromatic carbocycles. The Hall–Kier alpha value is -0.530. The molecule has 0 amide bonds. The number of ether oxygens (including phenoxy) is 1. The van der Waals surface area contributed by atoms with E-state index in [9.17, 15) is 4.79 Å². The summed E-state index contributed by atoms with van der Waals surface area (Å²) in [7, 11) is 0. The lowest BCUT2D eigenvalue weighted by Gasteiger charge is -2.29. The Labute approximate surface area is 86.0 Å². The average Bonchev–Trinajstić information content (AvgIpc) is 2.24. The first kappa shape index (κ1) is 10.0. The molecular weight excluding hydrogens is 176 g/mol. The molecule has 0 bridgehead atoms. The molecule has 0 aromatic heterocycles. The number of hydrogen-bond donors (Lipinski definition) is 0. The lowest BCUT2D eigenvalue weighted by molar-refractivity contribution is -0.159. The van der Waals surface area contributed by atoms with Crippen molar-refractivity contribution in [3.63, 3.8) is 0 Å². The summed E-state index contributed by atoms with van der Waals surface area (Å²) in [5.41, 5.74) is -0.321. The van der Waals surface area contributed by atoms with Crippen molar-refractivity contribution in [1.29, 1.82) is 0 Å². The fourth-order valence-corrected chi connectivity index (χ4v) is 2.66. The first-order valence-corrected chi connectivity index (χ1v) is 5.68. The van der Waals surface area contributed by atoms with Gasteiger partial charge in [-0.25, -0.2) is 0 Å². The van der Waals surface area contributed by atoms with Crippen LogP contribution in [0.15, 0.2) is 0 Å². The largest absolute Gasteiger partial charge is 0.460 e. The van der Waals surface area contributed by atoms with E-state index in [1.54, 1.807) is 0 Å². The highest BCUT2D eigenvalue weighted by Crippen LogP contribution is 2.49. The van der Waals surface area contributed by atoms with Crippen molar-refractivity contribution in [1.82, 2.24) is 0 Å². The summed E-state index contributed by atoms with van der Waals surface area (Å²) < 4.78 is 5.41. The van der Waals surface area contributed by atoms with Gasteiger partial charge in [-0.3, -0.25) is 4.79 Å². The summed E-state index contributed by atoms with van der Waals surface area (Å²) in [5, 5.41) is 0. The highest BCUT2D eigenvalue weighted by molar-refractivity contribution is 5.73. The van der Waals surface area contributed by atoms with Gasteiger partial charge in [-0.05, 0) is 58.3 Å². The Morgan fingerprint density at radius 2 is 1.64 bits per heavy atom. The van der Waals surface area contributed by atoms with Crippen molar-refractivity contribution in [2.45, 2.75) is 52.1 Å². The van der Waals surface area contributed by atoms with Gasteiger partial charge in [-0.15, -0.1) is 0 Å². The van der Waals surface area contributed by atoms with E-state index in [2.05, 4.69) is 0 Å². The molecular formula is C12H20O2. The molecule has 2 fully saturated rings. The molecule has 0 heterocycles. The van der Waals surface area contributed by atoms with E-state index in [-0.39, 0.29) is 17.5 Å². The van der Waals surface area contributed by atoms with Gasteiger partial charge < -0.3 is 4.74 Å². The van der Waals surface area contributed by atoms with Crippen molar-refractivity contribution in [3.05, 3.63) is 0 Å². The minimum absolute atomic E-state index is 0.0342. The van der Waals surface area contributed by atoms with E-state index in [0.717, 1.165) is 24.7 Å². The number of esters is 1. The van der Waals surface area contributed by atoms with E-state index in [1.165, 1.54) is 12.8 Å². The normalized spacial score (nSPS) is 36.1. The van der Waals surface area contributed by atoms with E-state index >= 15 is 0 Å². The Kier molecular flexibility index (Phi) is 2.32. The first-order chi connectivity index (χ1) is 6.46. The van der Waals surface area contributed by atoms with Crippen LogP contribution in [-0.4, -0.2) is 11.6 Å². The zero-order valence-electron chi connectivity index (χ0n) is 9.38. The molecule has 2 nitrogen and oxygen atoms in total. The zero-order valence-corrected chi connectivity index (χ0v) is 9.38. The summed E-state index contributed by atoms with van der Waals surface area (Å²) >= 11 is 0. The van der Waals surface area contributed by atoms with E-state index in [4.69, 9.17) is 4.74 Å². The summed E-state index contributed by atoms with van der Waals surface area (Å²) in [5.74, 6) is 1.92. The van der Waals surface area contributed by atoms with Gasteiger partial charge in [0.25, 0.3) is 0 Å². The number of carbonyl (C=O) groups is 1. The molecule has 2 aliphatic rings. The van der Waals surface area contributed by atoms with Crippen LogP contribution in [0, 0.1) is 17.8 Å². The standard InChI is InChI=1S/C12H20O2/c1-12(2,3)14-11(13)10-6-8-4-5-9(8)7-10/h8-10H,4-7H2,1-3H3. The predicted molar refractivity (Wildman–Crippen MR) is 54.8 cm³/mol. The molecule has 2 atom stereocenters. The van der Waals surface area contributed by atoms with Crippen LogP contribution < -0.4 is 0 Å². The highest BCUT2D eigenvalue weighted by Gasteiger charge is 2.43. The lowest BCUT2D eigenvalue weighted by atomic mass is 9.77. The molecule has 2 rings (SSSR count). The van der Waals surface area contributed by atoms with Crippen molar-refractivity contribution in [2.75, 3.05) is 0 Å². The van der Waals surface area contributed by atoms with Gasteiger partial charge in [0.1, 0.15) is 5.60 Å². The van der Waals surface area contributed by atoms with Crippen LogP contribution in [0.4, 0.5) is 0 Å². The van der Waals surface area contributed by atoms with Crippen LogP contribution in [0.25, 0.3) is 0 Å². The fraction of sp³-hybridized carbons (Fsp3) is 0.917. The summed E-state index contributed by atoms with van der Waals surface area (Å²) in [6.45, 7) is 5.82. The van der Waals surface area contributed by atoms with Crippen LogP contribution in [0.5, 0.6) is 0 Å². The molecule has 0 radical (unpaired) electrons. The average molecular weight is 196 g/mol. The molecule has 2 saturated carbocycles. The molecule has 2 heteroatoms. The number of carbonyl (C=O) groups excluding carboxylic acids is 1. The van der Waals surface area contributed by atoms with E-state index in [0.29, 0.717) is 0 Å². The molecule has 80 valence electrons. The molecule has 0 spiro atoms. The van der Waals surface area contributed by atoms with Crippen LogP contribution in [0.3, 0.4) is 0 Å². The third-order valence-electron chi connectivity index (χ3n) is 3.49. The van der Waals surface area contributed by atoms with Gasteiger partial charge in [0.15, 0.2) is 0 Å². The number of hydrogen-bond acceptors (Lipinski definition) is 2. The highest BCUT2D eigenvalue weighted by atomic mass is 16.6. The molecule has 0 aromatic rings. The maximum atomic E-state index is 11.8. The second kappa shape index (κ2) is 3.25. The Bertz CT molecular complexity index is 227. The van der Waals surface area contributed by atoms with Gasteiger partial charge in [-0.1, -0.05) is 0 Å². The Morgan fingerprint density at radius 3 is 2.00 bits per heavy atom. The van der Waals surface area contributed by atoms with Crippen molar-refractivity contribution >= 4 is 5.97 Å². The summed E-state index contributed by atoms with van der Waals surface area (Å²) in [6, 6.07) is 0. The third-order valence-corrected chi connectivity index (χ3v) is 3.49. The summed E-state index contributed by atoms with van der Waals surface area (Å²) in [4.78, 5) is 11.8. The second-order valence-electron chi connectivity index (χ2n) is 5.80. The van der Waals surface area contributed by atoms with Gasteiger partial charge in [-0.2, -0.15) is 0 Å². The van der Waals surface area contributed by atoms with Crippen molar-refractivity contribution in [2.24, 2.45) is 17.8 Å². The van der Waals surface area contributed by atoms with Crippen LogP contribution in [-0.2, 0) is 9.53 Å². The number of fused-ring (bicyclic) bond motifs is 1. The van der Waals surface area contributed by atoms with Gasteiger partial charge >= 0.3 is 5.97 Å². The molecule has 0 N–H and O–H groups in total. The monoisotopic (exact) mass is 196 g/mol. The maximum absolute atomic E-state index is 11.8. The minimum Gasteiger partial charge on any atom is -0.460 e. The van der Waals surface area contributed by atoms with Crippen LogP contribution in [0.1, 0.15) is 46.5 Å². The topological polar surface area (TPSA) is 26.3 Å². The van der Waals surface area contributed by atoms with E-state index < -0.39 is 0 Å². The zero-order chi connectivity index (χ0) is 10.3. The van der Waals surface area contributed by atoms with Gasteiger partial charge in [0, 0.05) is 0 Å².